The molecule has 84 valence electrons. The van der Waals surface area contributed by atoms with Crippen LogP contribution in [0.5, 0.6) is 0 Å². The first-order valence-electron chi connectivity index (χ1n) is 5.13. The summed E-state index contributed by atoms with van der Waals surface area (Å²) in [6.45, 7) is 4.82. The molecule has 4 nitrogen and oxygen atoms in total. The lowest BCUT2D eigenvalue weighted by molar-refractivity contribution is -0.143. The summed E-state index contributed by atoms with van der Waals surface area (Å²) in [7, 11) is 0. The zero-order valence-electron chi connectivity index (χ0n) is 9.16. The molecule has 1 atom stereocenters. The summed E-state index contributed by atoms with van der Waals surface area (Å²) in [5, 5.41) is 3.18. The Balaban J connectivity index is 2.18. The Labute approximate surface area is 89.6 Å². The third kappa shape index (κ3) is 4.65. The first-order chi connectivity index (χ1) is 7.22. The zero-order chi connectivity index (χ0) is 11.1. The zero-order valence-corrected chi connectivity index (χ0v) is 9.16. The number of carbonyl (C=O) groups is 1. The van der Waals surface area contributed by atoms with Crippen LogP contribution in [0.2, 0.25) is 0 Å². The molecular formula is C11H17NO3. The lowest BCUT2D eigenvalue weighted by atomic mass is 10.2. The number of hydrogen-bond donors (Lipinski definition) is 1. The monoisotopic (exact) mass is 211 g/mol. The maximum absolute atomic E-state index is 11.1. The molecule has 1 heterocycles. The van der Waals surface area contributed by atoms with Crippen molar-refractivity contribution in [2.75, 3.05) is 6.61 Å². The van der Waals surface area contributed by atoms with E-state index in [0.717, 1.165) is 5.76 Å². The molecule has 15 heavy (non-hydrogen) atoms. The first kappa shape index (κ1) is 11.8. The van der Waals surface area contributed by atoms with Crippen molar-refractivity contribution in [2.45, 2.75) is 32.9 Å². The molecule has 1 aromatic heterocycles. The van der Waals surface area contributed by atoms with E-state index in [4.69, 9.17) is 9.15 Å². The fourth-order valence-electron chi connectivity index (χ4n) is 1.23. The van der Waals surface area contributed by atoms with E-state index in [9.17, 15) is 4.79 Å². The fraction of sp³-hybridized carbons (Fsp3) is 0.545. The van der Waals surface area contributed by atoms with E-state index in [-0.39, 0.29) is 12.0 Å². The van der Waals surface area contributed by atoms with Gasteiger partial charge in [-0.2, -0.15) is 0 Å². The molecule has 0 saturated heterocycles. The van der Waals surface area contributed by atoms with Gasteiger partial charge in [-0.3, -0.25) is 4.79 Å². The number of nitrogens with one attached hydrogen (secondary N) is 1. The maximum atomic E-state index is 11.1. The third-order valence-corrected chi connectivity index (χ3v) is 1.98. The van der Waals surface area contributed by atoms with E-state index >= 15 is 0 Å². The van der Waals surface area contributed by atoms with Crippen LogP contribution in [0.4, 0.5) is 0 Å². The molecule has 0 spiro atoms. The number of ether oxygens (including phenoxy) is 1. The van der Waals surface area contributed by atoms with Crippen molar-refractivity contribution < 1.29 is 13.9 Å². The van der Waals surface area contributed by atoms with Crippen LogP contribution in [0.25, 0.3) is 0 Å². The highest BCUT2D eigenvalue weighted by atomic mass is 16.5. The summed E-state index contributed by atoms with van der Waals surface area (Å²) in [6, 6.07) is 3.83. The Bertz CT molecular complexity index is 282. The molecule has 0 aliphatic carbocycles. The van der Waals surface area contributed by atoms with Crippen molar-refractivity contribution in [3.05, 3.63) is 24.2 Å². The second-order valence-electron chi connectivity index (χ2n) is 3.37. The van der Waals surface area contributed by atoms with Gasteiger partial charge in [0.25, 0.3) is 0 Å². The predicted octanol–water partition coefficient (Wildman–Crippen LogP) is 1.71. The van der Waals surface area contributed by atoms with Gasteiger partial charge in [0.1, 0.15) is 5.76 Å². The number of hydrogen-bond acceptors (Lipinski definition) is 4. The van der Waals surface area contributed by atoms with Gasteiger partial charge in [-0.15, -0.1) is 0 Å². The molecule has 1 aromatic rings. The minimum Gasteiger partial charge on any atom is -0.468 e. The Hall–Kier alpha value is -1.29. The van der Waals surface area contributed by atoms with Gasteiger partial charge in [-0.25, -0.2) is 0 Å². The number of esters is 1. The third-order valence-electron chi connectivity index (χ3n) is 1.98. The van der Waals surface area contributed by atoms with Crippen molar-refractivity contribution in [3.8, 4) is 0 Å². The van der Waals surface area contributed by atoms with Crippen LogP contribution in [0.1, 0.15) is 26.0 Å². The second kappa shape index (κ2) is 6.24. The van der Waals surface area contributed by atoms with Gasteiger partial charge in [-0.1, -0.05) is 0 Å². The molecule has 1 unspecified atom stereocenters. The molecule has 1 rings (SSSR count). The minimum absolute atomic E-state index is 0.0918. The number of carbonyl (C=O) groups excluding carboxylic acids is 1. The Morgan fingerprint density at radius 3 is 3.07 bits per heavy atom. The SMILES string of the molecule is CCOC(=O)CC(C)NCc1ccco1. The van der Waals surface area contributed by atoms with Crippen LogP contribution >= 0.6 is 0 Å². The lowest BCUT2D eigenvalue weighted by Crippen LogP contribution is -2.28. The van der Waals surface area contributed by atoms with E-state index in [1.165, 1.54) is 0 Å². The Morgan fingerprint density at radius 1 is 1.67 bits per heavy atom. The average molecular weight is 211 g/mol. The summed E-state index contributed by atoms with van der Waals surface area (Å²) in [6.07, 6.45) is 2.02. The minimum atomic E-state index is -0.169. The van der Waals surface area contributed by atoms with Gasteiger partial charge in [0, 0.05) is 6.04 Å². The van der Waals surface area contributed by atoms with Crippen LogP contribution in [0.15, 0.2) is 22.8 Å². The molecular weight excluding hydrogens is 194 g/mol. The topological polar surface area (TPSA) is 51.5 Å². The van der Waals surface area contributed by atoms with Gasteiger partial charge in [0.15, 0.2) is 0 Å². The van der Waals surface area contributed by atoms with E-state index in [1.54, 1.807) is 13.2 Å². The van der Waals surface area contributed by atoms with Crippen molar-refractivity contribution in [2.24, 2.45) is 0 Å². The Kier molecular flexibility index (Phi) is 4.90. The van der Waals surface area contributed by atoms with Gasteiger partial charge >= 0.3 is 5.97 Å². The lowest BCUT2D eigenvalue weighted by Gasteiger charge is -2.11. The maximum Gasteiger partial charge on any atom is 0.307 e. The molecule has 0 aliphatic heterocycles. The fourth-order valence-corrected chi connectivity index (χ4v) is 1.23. The largest absolute Gasteiger partial charge is 0.468 e. The van der Waals surface area contributed by atoms with Crippen LogP contribution in [0, 0.1) is 0 Å². The smallest absolute Gasteiger partial charge is 0.307 e. The highest BCUT2D eigenvalue weighted by Crippen LogP contribution is 2.01. The van der Waals surface area contributed by atoms with E-state index in [2.05, 4.69) is 5.32 Å². The molecule has 0 bridgehead atoms. The van der Waals surface area contributed by atoms with Crippen molar-refractivity contribution >= 4 is 5.97 Å². The van der Waals surface area contributed by atoms with Crippen molar-refractivity contribution in [3.63, 3.8) is 0 Å². The standard InChI is InChI=1S/C11H17NO3/c1-3-14-11(13)7-9(2)12-8-10-5-4-6-15-10/h4-6,9,12H,3,7-8H2,1-2H3. The van der Waals surface area contributed by atoms with Gasteiger partial charge in [0.05, 0.1) is 25.8 Å². The summed E-state index contributed by atoms with van der Waals surface area (Å²) in [5.41, 5.74) is 0. The highest BCUT2D eigenvalue weighted by molar-refractivity contribution is 5.69. The van der Waals surface area contributed by atoms with Gasteiger partial charge in [-0.05, 0) is 26.0 Å². The summed E-state index contributed by atoms with van der Waals surface area (Å²) in [4.78, 5) is 11.1. The predicted molar refractivity (Wildman–Crippen MR) is 56.3 cm³/mol. The summed E-state index contributed by atoms with van der Waals surface area (Å²) in [5.74, 6) is 0.697. The molecule has 1 N–H and O–H groups in total. The van der Waals surface area contributed by atoms with E-state index in [1.807, 2.05) is 19.1 Å². The van der Waals surface area contributed by atoms with Crippen LogP contribution in [-0.4, -0.2) is 18.6 Å². The first-order valence-corrected chi connectivity index (χ1v) is 5.13. The summed E-state index contributed by atoms with van der Waals surface area (Å²) >= 11 is 0. The van der Waals surface area contributed by atoms with Crippen LogP contribution in [-0.2, 0) is 16.1 Å². The Morgan fingerprint density at radius 2 is 2.47 bits per heavy atom. The van der Waals surface area contributed by atoms with Gasteiger partial charge < -0.3 is 14.5 Å². The highest BCUT2D eigenvalue weighted by Gasteiger charge is 2.09. The van der Waals surface area contributed by atoms with E-state index < -0.39 is 0 Å². The molecule has 4 heteroatoms. The average Bonchev–Trinajstić information content (AvgIpc) is 2.67. The molecule has 0 radical (unpaired) electrons. The number of furan rings is 1. The molecule has 0 aromatic carbocycles. The van der Waals surface area contributed by atoms with Gasteiger partial charge in [0.2, 0.25) is 0 Å². The normalized spacial score (nSPS) is 12.4. The van der Waals surface area contributed by atoms with Crippen LogP contribution in [0.3, 0.4) is 0 Å². The summed E-state index contributed by atoms with van der Waals surface area (Å²) < 4.78 is 10.0. The quantitative estimate of drug-likeness (QED) is 0.728. The van der Waals surface area contributed by atoms with E-state index in [0.29, 0.717) is 19.6 Å². The molecule has 0 fully saturated rings. The number of rotatable bonds is 6. The second-order valence-corrected chi connectivity index (χ2v) is 3.37. The van der Waals surface area contributed by atoms with Crippen molar-refractivity contribution in [1.29, 1.82) is 0 Å². The molecule has 0 aliphatic rings. The van der Waals surface area contributed by atoms with Crippen LogP contribution < -0.4 is 5.32 Å². The molecule has 0 amide bonds. The molecule has 0 saturated carbocycles. The van der Waals surface area contributed by atoms with Crippen molar-refractivity contribution in [1.82, 2.24) is 5.32 Å².